The van der Waals surface area contributed by atoms with Gasteiger partial charge < -0.3 is 5.32 Å². The molecule has 2 aromatic rings. The first-order valence-corrected chi connectivity index (χ1v) is 8.26. The van der Waals surface area contributed by atoms with Crippen molar-refractivity contribution in [2.45, 2.75) is 11.8 Å². The number of amides is 1. The molecule has 0 aromatic heterocycles. The quantitative estimate of drug-likeness (QED) is 0.933. The number of hydrogen-bond acceptors (Lipinski definition) is 3. The minimum Gasteiger partial charge on any atom is -0.322 e. The highest BCUT2D eigenvalue weighted by atomic mass is 32.2. The van der Waals surface area contributed by atoms with Crippen molar-refractivity contribution >= 4 is 21.6 Å². The fourth-order valence-electron chi connectivity index (χ4n) is 1.94. The van der Waals surface area contributed by atoms with Crippen molar-refractivity contribution in [1.29, 1.82) is 0 Å². The fourth-order valence-corrected chi connectivity index (χ4v) is 2.87. The maximum atomic E-state index is 13.7. The lowest BCUT2D eigenvalue weighted by molar-refractivity contribution is 0.102. The summed E-state index contributed by atoms with van der Waals surface area (Å²) in [6, 6.07) is 10.0. The average molecular weight is 336 g/mol. The van der Waals surface area contributed by atoms with Crippen LogP contribution in [0.3, 0.4) is 0 Å². The lowest BCUT2D eigenvalue weighted by Gasteiger charge is -2.14. The van der Waals surface area contributed by atoms with Gasteiger partial charge in [0.2, 0.25) is 10.0 Å². The topological polar surface area (TPSA) is 66.5 Å². The van der Waals surface area contributed by atoms with Crippen molar-refractivity contribution in [3.8, 4) is 0 Å². The molecular formula is C16H17FN2O3S. The molecule has 0 aliphatic rings. The molecule has 0 spiro atoms. The summed E-state index contributed by atoms with van der Waals surface area (Å²) in [6.45, 7) is 1.73. The second kappa shape index (κ2) is 6.47. The minimum atomic E-state index is -3.62. The van der Waals surface area contributed by atoms with Crippen molar-refractivity contribution in [2.75, 3.05) is 19.4 Å². The summed E-state index contributed by atoms with van der Waals surface area (Å²) in [4.78, 5) is 12.2. The maximum absolute atomic E-state index is 13.7. The molecule has 5 nitrogen and oxygen atoms in total. The van der Waals surface area contributed by atoms with Gasteiger partial charge in [0.1, 0.15) is 5.82 Å². The van der Waals surface area contributed by atoms with E-state index >= 15 is 0 Å². The second-order valence-electron chi connectivity index (χ2n) is 5.20. The second-order valence-corrected chi connectivity index (χ2v) is 7.35. The number of carbonyl (C=O) groups excluding carboxylic acids is 1. The third kappa shape index (κ3) is 3.57. The van der Waals surface area contributed by atoms with Crippen LogP contribution in [-0.2, 0) is 10.0 Å². The van der Waals surface area contributed by atoms with Gasteiger partial charge in [-0.25, -0.2) is 17.1 Å². The van der Waals surface area contributed by atoms with Crippen LogP contribution in [-0.4, -0.2) is 32.7 Å². The summed E-state index contributed by atoms with van der Waals surface area (Å²) < 4.78 is 39.1. The highest BCUT2D eigenvalue weighted by molar-refractivity contribution is 7.89. The molecule has 0 radical (unpaired) electrons. The molecule has 7 heteroatoms. The first kappa shape index (κ1) is 17.1. The van der Waals surface area contributed by atoms with E-state index in [1.54, 1.807) is 19.1 Å². The van der Waals surface area contributed by atoms with Gasteiger partial charge in [-0.2, -0.15) is 0 Å². The van der Waals surface area contributed by atoms with Crippen molar-refractivity contribution in [3.05, 3.63) is 59.4 Å². The molecule has 0 atom stereocenters. The summed E-state index contributed by atoms with van der Waals surface area (Å²) >= 11 is 0. The summed E-state index contributed by atoms with van der Waals surface area (Å²) in [6.07, 6.45) is 0. The van der Waals surface area contributed by atoms with E-state index in [9.17, 15) is 17.6 Å². The number of carbonyl (C=O) groups is 1. The molecule has 0 unspecified atom stereocenters. The molecule has 0 saturated carbocycles. The Kier molecular flexibility index (Phi) is 4.82. The smallest absolute Gasteiger partial charge is 0.258 e. The molecule has 1 N–H and O–H groups in total. The molecule has 0 fully saturated rings. The number of anilines is 1. The summed E-state index contributed by atoms with van der Waals surface area (Å²) in [5.74, 6) is -1.27. The predicted molar refractivity (Wildman–Crippen MR) is 86.4 cm³/mol. The van der Waals surface area contributed by atoms with E-state index in [0.29, 0.717) is 11.3 Å². The molecule has 122 valence electrons. The molecule has 23 heavy (non-hydrogen) atoms. The first-order valence-electron chi connectivity index (χ1n) is 6.82. The van der Waals surface area contributed by atoms with Gasteiger partial charge in [0.25, 0.3) is 5.91 Å². The Hall–Kier alpha value is -2.25. The van der Waals surface area contributed by atoms with E-state index in [1.165, 1.54) is 44.4 Å². The zero-order valence-corrected chi connectivity index (χ0v) is 13.8. The first-order chi connectivity index (χ1) is 10.7. The predicted octanol–water partition coefficient (Wildman–Crippen LogP) is 2.64. The average Bonchev–Trinajstić information content (AvgIpc) is 2.49. The zero-order chi connectivity index (χ0) is 17.2. The summed E-state index contributed by atoms with van der Waals surface area (Å²) in [5.41, 5.74) is 0.890. The third-order valence-electron chi connectivity index (χ3n) is 3.35. The van der Waals surface area contributed by atoms with Gasteiger partial charge in [0.15, 0.2) is 0 Å². The molecule has 2 aromatic carbocycles. The van der Waals surface area contributed by atoms with Crippen LogP contribution in [0.5, 0.6) is 0 Å². The summed E-state index contributed by atoms with van der Waals surface area (Å²) in [5, 5.41) is 2.56. The van der Waals surface area contributed by atoms with Crippen LogP contribution in [0.15, 0.2) is 47.4 Å². The van der Waals surface area contributed by atoms with E-state index in [4.69, 9.17) is 0 Å². The Labute approximate surface area is 134 Å². The van der Waals surface area contributed by atoms with E-state index in [2.05, 4.69) is 5.32 Å². The normalized spacial score (nSPS) is 11.5. The molecular weight excluding hydrogens is 319 g/mol. The van der Waals surface area contributed by atoms with Crippen molar-refractivity contribution in [2.24, 2.45) is 0 Å². The van der Waals surface area contributed by atoms with Gasteiger partial charge in [-0.15, -0.1) is 0 Å². The highest BCUT2D eigenvalue weighted by Gasteiger charge is 2.19. The Morgan fingerprint density at radius 1 is 1.13 bits per heavy atom. The number of aryl methyl sites for hydroxylation is 1. The number of hydrogen-bond donors (Lipinski definition) is 1. The SMILES string of the molecule is Cc1ccc(S(=O)(=O)N(C)C)cc1NC(=O)c1ccccc1F. The zero-order valence-electron chi connectivity index (χ0n) is 13.0. The Morgan fingerprint density at radius 3 is 2.39 bits per heavy atom. The fraction of sp³-hybridized carbons (Fsp3) is 0.188. The molecule has 0 heterocycles. The third-order valence-corrected chi connectivity index (χ3v) is 5.17. The monoisotopic (exact) mass is 336 g/mol. The van der Waals surface area contributed by atoms with Crippen LogP contribution in [0, 0.1) is 12.7 Å². The van der Waals surface area contributed by atoms with Crippen LogP contribution in [0.2, 0.25) is 0 Å². The van der Waals surface area contributed by atoms with E-state index in [1.807, 2.05) is 0 Å². The van der Waals surface area contributed by atoms with E-state index < -0.39 is 21.7 Å². The highest BCUT2D eigenvalue weighted by Crippen LogP contribution is 2.23. The van der Waals surface area contributed by atoms with Crippen LogP contribution in [0.4, 0.5) is 10.1 Å². The van der Waals surface area contributed by atoms with Crippen molar-refractivity contribution in [1.82, 2.24) is 4.31 Å². The number of nitrogens with zero attached hydrogens (tertiary/aromatic N) is 1. The number of nitrogens with one attached hydrogen (secondary N) is 1. The van der Waals surface area contributed by atoms with Gasteiger partial charge in [-0.3, -0.25) is 4.79 Å². The van der Waals surface area contributed by atoms with Gasteiger partial charge in [0, 0.05) is 19.8 Å². The minimum absolute atomic E-state index is 0.0527. The van der Waals surface area contributed by atoms with Crippen LogP contribution < -0.4 is 5.32 Å². The Balaban J connectivity index is 2.38. The standard InChI is InChI=1S/C16H17FN2O3S/c1-11-8-9-12(23(21,22)19(2)3)10-15(11)18-16(20)13-6-4-5-7-14(13)17/h4-10H,1-3H3,(H,18,20). The number of benzene rings is 2. The van der Waals surface area contributed by atoms with E-state index in [0.717, 1.165) is 4.31 Å². The van der Waals surface area contributed by atoms with Crippen LogP contribution in [0.25, 0.3) is 0 Å². The summed E-state index contributed by atoms with van der Waals surface area (Å²) in [7, 11) is -0.770. The van der Waals surface area contributed by atoms with Crippen molar-refractivity contribution in [3.63, 3.8) is 0 Å². The Bertz CT molecular complexity index is 848. The lowest BCUT2D eigenvalue weighted by Crippen LogP contribution is -2.22. The van der Waals surface area contributed by atoms with Gasteiger partial charge in [-0.05, 0) is 36.8 Å². The number of rotatable bonds is 4. The molecule has 0 bridgehead atoms. The molecule has 0 aliphatic heterocycles. The lowest BCUT2D eigenvalue weighted by atomic mass is 10.1. The maximum Gasteiger partial charge on any atom is 0.258 e. The Morgan fingerprint density at radius 2 is 1.78 bits per heavy atom. The van der Waals surface area contributed by atoms with Crippen LogP contribution in [0.1, 0.15) is 15.9 Å². The molecule has 2 rings (SSSR count). The van der Waals surface area contributed by atoms with E-state index in [-0.39, 0.29) is 10.5 Å². The van der Waals surface area contributed by atoms with Gasteiger partial charge >= 0.3 is 0 Å². The van der Waals surface area contributed by atoms with Crippen molar-refractivity contribution < 1.29 is 17.6 Å². The number of halogens is 1. The molecule has 0 saturated heterocycles. The number of sulfonamides is 1. The van der Waals surface area contributed by atoms with Gasteiger partial charge in [-0.1, -0.05) is 18.2 Å². The van der Waals surface area contributed by atoms with Gasteiger partial charge in [0.05, 0.1) is 10.5 Å². The molecule has 1 amide bonds. The van der Waals surface area contributed by atoms with Crippen LogP contribution >= 0.6 is 0 Å². The molecule has 0 aliphatic carbocycles. The largest absolute Gasteiger partial charge is 0.322 e.